The molecule has 3 aromatic heterocycles. The quantitative estimate of drug-likeness (QED) is 0.561. The van der Waals surface area contributed by atoms with E-state index in [4.69, 9.17) is 9.52 Å². The van der Waals surface area contributed by atoms with Crippen LogP contribution in [-0.2, 0) is 5.75 Å². The van der Waals surface area contributed by atoms with Crippen molar-refractivity contribution >= 4 is 39.3 Å². The second-order valence-corrected chi connectivity index (χ2v) is 6.86. The fraction of sp³-hybridized carbons (Fsp3) is 0.214. The molecule has 22 heavy (non-hydrogen) atoms. The van der Waals surface area contributed by atoms with Crippen LogP contribution in [0.3, 0.4) is 0 Å². The molecule has 0 saturated carbocycles. The summed E-state index contributed by atoms with van der Waals surface area (Å²) in [6, 6.07) is 3.01. The summed E-state index contributed by atoms with van der Waals surface area (Å²) in [7, 11) is 0. The van der Waals surface area contributed by atoms with Crippen LogP contribution in [0.2, 0.25) is 0 Å². The van der Waals surface area contributed by atoms with Crippen LogP contribution in [0.25, 0.3) is 10.2 Å². The molecule has 8 heteroatoms. The Hall–Kier alpha value is -2.06. The molecule has 0 aliphatic heterocycles. The molecule has 2 N–H and O–H groups in total. The maximum atomic E-state index is 12.1. The topological polar surface area (TPSA) is 96.2 Å². The maximum Gasteiger partial charge on any atom is 0.371 e. The molecule has 0 saturated heterocycles. The summed E-state index contributed by atoms with van der Waals surface area (Å²) in [5.41, 5.74) is 0.808. The monoisotopic (exact) mass is 336 g/mol. The Morgan fingerprint density at radius 2 is 2.23 bits per heavy atom. The number of fused-ring (bicyclic) bond motifs is 1. The van der Waals surface area contributed by atoms with Crippen LogP contribution in [0.15, 0.2) is 26.5 Å². The third-order valence-corrected chi connectivity index (χ3v) is 5.24. The van der Waals surface area contributed by atoms with E-state index in [1.165, 1.54) is 29.2 Å². The summed E-state index contributed by atoms with van der Waals surface area (Å²) in [6.07, 6.45) is 0. The Labute approximate surface area is 133 Å². The molecule has 0 aliphatic carbocycles. The van der Waals surface area contributed by atoms with Gasteiger partial charge in [0, 0.05) is 4.88 Å². The Morgan fingerprint density at radius 1 is 1.45 bits per heavy atom. The Morgan fingerprint density at radius 3 is 2.91 bits per heavy atom. The van der Waals surface area contributed by atoms with E-state index in [-0.39, 0.29) is 11.3 Å². The van der Waals surface area contributed by atoms with Crippen molar-refractivity contribution in [3.8, 4) is 0 Å². The first-order valence-corrected chi connectivity index (χ1v) is 8.20. The molecule has 3 rings (SSSR count). The number of aromatic carboxylic acids is 1. The fourth-order valence-corrected chi connectivity index (χ4v) is 3.86. The number of H-pyrrole nitrogens is 1. The van der Waals surface area contributed by atoms with Crippen molar-refractivity contribution in [1.82, 2.24) is 9.97 Å². The second-order valence-electron chi connectivity index (χ2n) is 4.69. The van der Waals surface area contributed by atoms with Crippen LogP contribution in [-0.4, -0.2) is 21.0 Å². The molecule has 0 amide bonds. The van der Waals surface area contributed by atoms with Gasteiger partial charge in [0.2, 0.25) is 5.76 Å². The number of nitrogens with one attached hydrogen (secondary N) is 1. The number of aromatic nitrogens is 2. The van der Waals surface area contributed by atoms with E-state index in [0.29, 0.717) is 26.9 Å². The van der Waals surface area contributed by atoms with Gasteiger partial charge in [0.05, 0.1) is 11.1 Å². The lowest BCUT2D eigenvalue weighted by molar-refractivity contribution is 0.0661. The molecule has 114 valence electrons. The van der Waals surface area contributed by atoms with E-state index >= 15 is 0 Å². The summed E-state index contributed by atoms with van der Waals surface area (Å²) in [4.78, 5) is 31.9. The van der Waals surface area contributed by atoms with E-state index in [9.17, 15) is 9.59 Å². The number of hydrogen-bond acceptors (Lipinski definition) is 6. The van der Waals surface area contributed by atoms with Crippen molar-refractivity contribution in [3.05, 3.63) is 44.4 Å². The summed E-state index contributed by atoms with van der Waals surface area (Å²) in [6.45, 7) is 3.87. The summed E-state index contributed by atoms with van der Waals surface area (Å²) in [5.74, 6) is -0.292. The molecule has 0 unspecified atom stereocenters. The highest BCUT2D eigenvalue weighted by Crippen LogP contribution is 2.28. The average molecular weight is 336 g/mol. The molecule has 0 spiro atoms. The van der Waals surface area contributed by atoms with Crippen LogP contribution in [0.1, 0.15) is 26.8 Å². The molecule has 0 aliphatic rings. The molecule has 0 fully saturated rings. The number of nitrogens with zero attached hydrogens (tertiary/aromatic N) is 1. The van der Waals surface area contributed by atoms with Gasteiger partial charge in [-0.2, -0.15) is 0 Å². The first-order chi connectivity index (χ1) is 10.5. The van der Waals surface area contributed by atoms with Crippen molar-refractivity contribution < 1.29 is 14.3 Å². The van der Waals surface area contributed by atoms with Crippen LogP contribution in [0.4, 0.5) is 0 Å². The number of hydrogen-bond donors (Lipinski definition) is 2. The average Bonchev–Trinajstić information content (AvgIpc) is 3.03. The number of thioether (sulfide) groups is 1. The van der Waals surface area contributed by atoms with Gasteiger partial charge in [-0.25, -0.2) is 9.78 Å². The molecule has 3 aromatic rings. The van der Waals surface area contributed by atoms with Crippen LogP contribution in [0, 0.1) is 13.8 Å². The SMILES string of the molecule is Cc1sc2nc(SCc3ccc(C(=O)O)o3)[nH]c(=O)c2c1C. The number of aryl methyl sites for hydroxylation is 2. The third-order valence-electron chi connectivity index (χ3n) is 3.24. The first kappa shape index (κ1) is 14.9. The Balaban J connectivity index is 1.84. The van der Waals surface area contributed by atoms with E-state index in [2.05, 4.69) is 9.97 Å². The lowest BCUT2D eigenvalue weighted by atomic mass is 10.2. The minimum atomic E-state index is -1.10. The van der Waals surface area contributed by atoms with Gasteiger partial charge in [-0.1, -0.05) is 11.8 Å². The van der Waals surface area contributed by atoms with Crippen molar-refractivity contribution in [3.63, 3.8) is 0 Å². The first-order valence-electron chi connectivity index (χ1n) is 6.40. The molecule has 0 bridgehead atoms. The maximum absolute atomic E-state index is 12.1. The summed E-state index contributed by atoms with van der Waals surface area (Å²) < 4.78 is 5.17. The minimum Gasteiger partial charge on any atom is -0.475 e. The lowest BCUT2D eigenvalue weighted by Crippen LogP contribution is -2.08. The molecular weight excluding hydrogens is 324 g/mol. The van der Waals surface area contributed by atoms with Gasteiger partial charge in [-0.3, -0.25) is 4.79 Å². The second kappa shape index (κ2) is 5.62. The molecule has 6 nitrogen and oxygen atoms in total. The number of aromatic amines is 1. The Kier molecular flexibility index (Phi) is 3.79. The van der Waals surface area contributed by atoms with Crippen molar-refractivity contribution in [2.24, 2.45) is 0 Å². The van der Waals surface area contributed by atoms with E-state index in [1.54, 1.807) is 6.07 Å². The third kappa shape index (κ3) is 2.67. The van der Waals surface area contributed by atoms with E-state index < -0.39 is 5.97 Å². The predicted molar refractivity (Wildman–Crippen MR) is 84.9 cm³/mol. The highest BCUT2D eigenvalue weighted by Gasteiger charge is 2.13. The van der Waals surface area contributed by atoms with E-state index in [1.807, 2.05) is 13.8 Å². The molecule has 0 radical (unpaired) electrons. The zero-order chi connectivity index (χ0) is 15.9. The zero-order valence-corrected chi connectivity index (χ0v) is 13.4. The molecule has 3 heterocycles. The molecule has 0 atom stereocenters. The molecular formula is C14H12N2O4S2. The van der Waals surface area contributed by atoms with Gasteiger partial charge in [0.15, 0.2) is 5.16 Å². The smallest absolute Gasteiger partial charge is 0.371 e. The number of thiophene rings is 1. The van der Waals surface area contributed by atoms with Crippen LogP contribution >= 0.6 is 23.1 Å². The number of rotatable bonds is 4. The summed E-state index contributed by atoms with van der Waals surface area (Å²) in [5, 5.41) is 9.94. The van der Waals surface area contributed by atoms with Crippen molar-refractivity contribution in [2.75, 3.05) is 0 Å². The van der Waals surface area contributed by atoms with Gasteiger partial charge < -0.3 is 14.5 Å². The number of carboxylic acid groups (broad SMARTS) is 1. The van der Waals surface area contributed by atoms with Gasteiger partial charge >= 0.3 is 5.97 Å². The van der Waals surface area contributed by atoms with Gasteiger partial charge in [0.1, 0.15) is 10.6 Å². The van der Waals surface area contributed by atoms with Crippen LogP contribution < -0.4 is 5.56 Å². The molecule has 0 aromatic carbocycles. The number of furan rings is 1. The minimum absolute atomic E-state index is 0.1000. The van der Waals surface area contributed by atoms with Gasteiger partial charge in [-0.05, 0) is 31.5 Å². The van der Waals surface area contributed by atoms with E-state index in [0.717, 1.165) is 10.4 Å². The lowest BCUT2D eigenvalue weighted by Gasteiger charge is -1.99. The fourth-order valence-electron chi connectivity index (χ4n) is 2.01. The van der Waals surface area contributed by atoms with Gasteiger partial charge in [-0.15, -0.1) is 11.3 Å². The van der Waals surface area contributed by atoms with Crippen LogP contribution in [0.5, 0.6) is 0 Å². The highest BCUT2D eigenvalue weighted by atomic mass is 32.2. The number of carboxylic acids is 1. The summed E-state index contributed by atoms with van der Waals surface area (Å²) >= 11 is 2.79. The standard InChI is InChI=1S/C14H12N2O4S2/c1-6-7(2)22-12-10(6)11(17)15-14(16-12)21-5-8-3-4-9(20-8)13(18)19/h3-4H,5H2,1-2H3,(H,18,19)(H,15,16,17). The zero-order valence-electron chi connectivity index (χ0n) is 11.8. The highest BCUT2D eigenvalue weighted by molar-refractivity contribution is 7.98. The normalized spacial score (nSPS) is 11.2. The van der Waals surface area contributed by atoms with Gasteiger partial charge in [0.25, 0.3) is 5.56 Å². The van der Waals surface area contributed by atoms with Crippen molar-refractivity contribution in [1.29, 1.82) is 0 Å². The van der Waals surface area contributed by atoms with Crippen molar-refractivity contribution in [2.45, 2.75) is 24.8 Å². The Bertz CT molecular complexity index is 923. The number of carbonyl (C=O) groups is 1. The largest absolute Gasteiger partial charge is 0.475 e. The predicted octanol–water partition coefficient (Wildman–Crippen LogP) is 3.18.